The summed E-state index contributed by atoms with van der Waals surface area (Å²) in [5, 5.41) is 4.96. The molecule has 2 aromatic rings. The molecule has 172 valence electrons. The van der Waals surface area contributed by atoms with Crippen LogP contribution in [0, 0.1) is 11.7 Å². The van der Waals surface area contributed by atoms with Gasteiger partial charge in [-0.3, -0.25) is 0 Å². The second-order valence-corrected chi connectivity index (χ2v) is 11.1. The van der Waals surface area contributed by atoms with Crippen molar-refractivity contribution in [2.24, 2.45) is 5.92 Å². The van der Waals surface area contributed by atoms with E-state index in [9.17, 15) is 26.0 Å². The number of alkyl halides is 3. The zero-order valence-electron chi connectivity index (χ0n) is 16.8. The van der Waals surface area contributed by atoms with Crippen LogP contribution in [0.3, 0.4) is 0 Å². The predicted octanol–water partition coefficient (Wildman–Crippen LogP) is 4.98. The Morgan fingerprint density at radius 2 is 2.00 bits per heavy atom. The molecule has 1 N–H and O–H groups in total. The van der Waals surface area contributed by atoms with Gasteiger partial charge in [-0.05, 0) is 45.5 Å². The lowest BCUT2D eigenvalue weighted by molar-refractivity contribution is -0.186. The van der Waals surface area contributed by atoms with Crippen molar-refractivity contribution in [1.29, 1.82) is 0 Å². The minimum Gasteiger partial charge on any atom is -0.379 e. The number of thiazole rings is 1. The highest BCUT2D eigenvalue weighted by Crippen LogP contribution is 2.40. The maximum absolute atomic E-state index is 14.7. The number of aromatic nitrogens is 1. The van der Waals surface area contributed by atoms with Gasteiger partial charge in [-0.25, -0.2) is 17.8 Å². The number of rotatable bonds is 6. The lowest BCUT2D eigenvalue weighted by Crippen LogP contribution is -2.49. The molecule has 0 aliphatic heterocycles. The van der Waals surface area contributed by atoms with Crippen LogP contribution in [0.25, 0.3) is 0 Å². The summed E-state index contributed by atoms with van der Waals surface area (Å²) in [5.74, 6) is -2.83. The third-order valence-corrected chi connectivity index (χ3v) is 8.35. The first-order chi connectivity index (χ1) is 14.4. The average Bonchev–Trinajstić information content (AvgIpc) is 3.15. The normalized spacial score (nSPS) is 22.6. The van der Waals surface area contributed by atoms with E-state index in [4.69, 9.17) is 11.6 Å². The van der Waals surface area contributed by atoms with E-state index in [0.29, 0.717) is 5.01 Å². The quantitative estimate of drug-likeness (QED) is 0.568. The Kier molecular flexibility index (Phi) is 7.19. The van der Waals surface area contributed by atoms with E-state index < -0.39 is 50.5 Å². The van der Waals surface area contributed by atoms with Crippen molar-refractivity contribution in [2.75, 3.05) is 19.4 Å². The van der Waals surface area contributed by atoms with Crippen LogP contribution < -0.4 is 5.32 Å². The van der Waals surface area contributed by atoms with Crippen molar-refractivity contribution in [3.05, 3.63) is 39.6 Å². The summed E-state index contributed by atoms with van der Waals surface area (Å²) >= 11 is 7.38. The Morgan fingerprint density at radius 3 is 2.58 bits per heavy atom. The molecule has 12 heteroatoms. The summed E-state index contributed by atoms with van der Waals surface area (Å²) < 4.78 is 79.4. The Balaban J connectivity index is 1.82. The monoisotopic (exact) mass is 499 g/mol. The van der Waals surface area contributed by atoms with Gasteiger partial charge in [0.1, 0.15) is 21.5 Å². The van der Waals surface area contributed by atoms with Crippen LogP contribution in [0.1, 0.15) is 24.3 Å². The number of nitrogens with one attached hydrogen (secondary N) is 1. The third-order valence-electron chi connectivity index (χ3n) is 5.44. The van der Waals surface area contributed by atoms with E-state index in [-0.39, 0.29) is 30.0 Å². The van der Waals surface area contributed by atoms with E-state index in [1.807, 2.05) is 0 Å². The molecule has 1 saturated carbocycles. The molecule has 1 aliphatic rings. The van der Waals surface area contributed by atoms with Crippen LogP contribution in [-0.4, -0.2) is 50.7 Å². The van der Waals surface area contributed by atoms with E-state index in [0.717, 1.165) is 23.5 Å². The van der Waals surface area contributed by atoms with Gasteiger partial charge in [0.15, 0.2) is 9.84 Å². The van der Waals surface area contributed by atoms with Gasteiger partial charge in [-0.15, -0.1) is 11.3 Å². The lowest BCUT2D eigenvalue weighted by atomic mass is 9.81. The summed E-state index contributed by atoms with van der Waals surface area (Å²) in [6.07, 6.45) is -2.73. The molecule has 0 amide bonds. The molecule has 1 aliphatic carbocycles. The van der Waals surface area contributed by atoms with Crippen molar-refractivity contribution in [2.45, 2.75) is 48.2 Å². The molecule has 1 heterocycles. The molecule has 0 spiro atoms. The number of anilines is 1. The van der Waals surface area contributed by atoms with Crippen molar-refractivity contribution in [3.63, 3.8) is 0 Å². The standard InChI is InChI=1S/C19H22ClF4N3O2S2/c1-27(2)16-7-11(19(22,23)24)3-4-14(16)26-15-9-13(21)17(8-12(15)20)31(28,29)10-18-25-5-6-30-18/h5-6,8-9,11,14,16,26H,3-4,7,10H2,1-2H3/t11-,14+,16+/m0/s1. The molecule has 0 saturated heterocycles. The molecule has 0 unspecified atom stereocenters. The van der Waals surface area contributed by atoms with E-state index >= 15 is 0 Å². The van der Waals surface area contributed by atoms with Gasteiger partial charge in [0, 0.05) is 23.7 Å². The molecule has 3 rings (SSSR count). The summed E-state index contributed by atoms with van der Waals surface area (Å²) in [4.78, 5) is 5.07. The Bertz CT molecular complexity index is 1010. The van der Waals surface area contributed by atoms with Crippen molar-refractivity contribution in [1.82, 2.24) is 9.88 Å². The zero-order valence-corrected chi connectivity index (χ0v) is 19.2. The summed E-state index contributed by atoms with van der Waals surface area (Å²) in [6.45, 7) is 0. The minimum atomic E-state index is -4.27. The Morgan fingerprint density at radius 1 is 1.29 bits per heavy atom. The SMILES string of the molecule is CN(C)[C@@H]1C[C@@H](C(F)(F)F)CC[C@H]1Nc1cc(F)c(S(=O)(=O)Cc2nccs2)cc1Cl. The van der Waals surface area contributed by atoms with Crippen LogP contribution >= 0.6 is 22.9 Å². The molecule has 1 fully saturated rings. The summed E-state index contributed by atoms with van der Waals surface area (Å²) in [5.41, 5.74) is 0.148. The fourth-order valence-electron chi connectivity index (χ4n) is 3.82. The molecule has 3 atom stereocenters. The van der Waals surface area contributed by atoms with Gasteiger partial charge >= 0.3 is 6.18 Å². The van der Waals surface area contributed by atoms with Gasteiger partial charge in [0.05, 0.1) is 16.6 Å². The first-order valence-corrected chi connectivity index (χ1v) is 12.4. The fraction of sp³-hybridized carbons (Fsp3) is 0.526. The third kappa shape index (κ3) is 5.68. The molecule has 31 heavy (non-hydrogen) atoms. The van der Waals surface area contributed by atoms with Crippen LogP contribution in [0.2, 0.25) is 5.02 Å². The number of hydrogen-bond donors (Lipinski definition) is 1. The summed E-state index contributed by atoms with van der Waals surface area (Å²) in [6, 6.07) is 1.17. The van der Waals surface area contributed by atoms with Crippen LogP contribution in [0.5, 0.6) is 0 Å². The smallest absolute Gasteiger partial charge is 0.379 e. The number of halogens is 5. The molecular weight excluding hydrogens is 478 g/mol. The van der Waals surface area contributed by atoms with E-state index in [1.54, 1.807) is 24.4 Å². The van der Waals surface area contributed by atoms with Gasteiger partial charge in [0.25, 0.3) is 0 Å². The molecule has 1 aromatic carbocycles. The van der Waals surface area contributed by atoms with Gasteiger partial charge in [-0.1, -0.05) is 11.6 Å². The molecule has 0 bridgehead atoms. The molecular formula is C19H22ClF4N3O2S2. The maximum Gasteiger partial charge on any atom is 0.391 e. The summed E-state index contributed by atoms with van der Waals surface area (Å²) in [7, 11) is -0.629. The molecule has 1 aromatic heterocycles. The van der Waals surface area contributed by atoms with Crippen LogP contribution in [0.15, 0.2) is 28.6 Å². The lowest BCUT2D eigenvalue weighted by Gasteiger charge is -2.41. The minimum absolute atomic E-state index is 0.0189. The largest absolute Gasteiger partial charge is 0.391 e. The van der Waals surface area contributed by atoms with Crippen molar-refractivity contribution in [3.8, 4) is 0 Å². The first-order valence-electron chi connectivity index (χ1n) is 9.48. The first kappa shape index (κ1) is 24.2. The number of benzene rings is 1. The zero-order chi connectivity index (χ0) is 23.0. The van der Waals surface area contributed by atoms with Crippen LogP contribution in [0.4, 0.5) is 23.2 Å². The number of likely N-dealkylation sites (N-methyl/N-ethyl adjacent to an activating group) is 1. The van der Waals surface area contributed by atoms with Crippen molar-refractivity contribution >= 4 is 38.5 Å². The van der Waals surface area contributed by atoms with Crippen molar-refractivity contribution < 1.29 is 26.0 Å². The van der Waals surface area contributed by atoms with Gasteiger partial charge in [0.2, 0.25) is 0 Å². The Hall–Kier alpha value is -1.43. The average molecular weight is 500 g/mol. The van der Waals surface area contributed by atoms with E-state index in [2.05, 4.69) is 10.3 Å². The molecule has 0 radical (unpaired) electrons. The second kappa shape index (κ2) is 9.21. The number of sulfone groups is 1. The van der Waals surface area contributed by atoms with Gasteiger partial charge < -0.3 is 10.2 Å². The Labute approximate surface area is 187 Å². The van der Waals surface area contributed by atoms with Crippen LogP contribution in [-0.2, 0) is 15.6 Å². The number of hydrogen-bond acceptors (Lipinski definition) is 6. The molecule has 5 nitrogen and oxygen atoms in total. The number of nitrogens with zero attached hydrogens (tertiary/aromatic N) is 2. The van der Waals surface area contributed by atoms with Gasteiger partial charge in [-0.2, -0.15) is 13.2 Å². The highest BCUT2D eigenvalue weighted by atomic mass is 35.5. The predicted molar refractivity (Wildman–Crippen MR) is 113 cm³/mol. The highest BCUT2D eigenvalue weighted by molar-refractivity contribution is 7.90. The maximum atomic E-state index is 14.7. The van der Waals surface area contributed by atoms with E-state index in [1.165, 1.54) is 6.20 Å². The topological polar surface area (TPSA) is 62.3 Å². The second-order valence-electron chi connectivity index (χ2n) is 7.78. The fourth-order valence-corrected chi connectivity index (χ4v) is 6.45. The highest BCUT2D eigenvalue weighted by Gasteiger charge is 2.45.